The number of aromatic hydroxyl groups is 1. The van der Waals surface area contributed by atoms with Gasteiger partial charge in [0.2, 0.25) is 5.91 Å². The van der Waals surface area contributed by atoms with E-state index in [1.807, 2.05) is 60.7 Å². The zero-order chi connectivity index (χ0) is 25.3. The summed E-state index contributed by atoms with van der Waals surface area (Å²) in [6.07, 6.45) is 0. The van der Waals surface area contributed by atoms with E-state index >= 15 is 0 Å². The second kappa shape index (κ2) is 11.6. The number of amidine groups is 1. The van der Waals surface area contributed by atoms with E-state index in [-0.39, 0.29) is 29.8 Å². The number of ether oxygens (including phenoxy) is 1. The van der Waals surface area contributed by atoms with Gasteiger partial charge in [0.05, 0.1) is 0 Å². The first kappa shape index (κ1) is 24.3. The van der Waals surface area contributed by atoms with E-state index in [2.05, 4.69) is 10.6 Å². The first-order valence-electron chi connectivity index (χ1n) is 11.5. The quantitative estimate of drug-likeness (QED) is 0.166. The largest absolute Gasteiger partial charge is 0.504 e. The highest BCUT2D eigenvalue weighted by Crippen LogP contribution is 2.31. The minimum absolute atomic E-state index is 0.0102. The first-order valence-corrected chi connectivity index (χ1v) is 11.5. The molecule has 182 valence electrons. The average molecular weight is 481 g/mol. The molecule has 0 spiro atoms. The third-order valence-corrected chi connectivity index (χ3v) is 5.63. The number of nitrogen functional groups attached to an aromatic ring is 1. The molecule has 0 radical (unpaired) electrons. The topological polar surface area (TPSA) is 120 Å². The van der Waals surface area contributed by atoms with Crippen molar-refractivity contribution in [3.05, 3.63) is 125 Å². The Kier molecular flexibility index (Phi) is 7.83. The van der Waals surface area contributed by atoms with Gasteiger partial charge >= 0.3 is 0 Å². The molecule has 0 heterocycles. The van der Waals surface area contributed by atoms with Crippen LogP contribution in [0, 0.1) is 5.41 Å². The van der Waals surface area contributed by atoms with Gasteiger partial charge in [-0.15, -0.1) is 0 Å². The number of carbonyl (C=O) groups is 1. The number of nitrogens with two attached hydrogens (primary N) is 1. The molecule has 0 aliphatic carbocycles. The molecule has 0 bridgehead atoms. The van der Waals surface area contributed by atoms with E-state index in [0.717, 1.165) is 11.1 Å². The molecule has 36 heavy (non-hydrogen) atoms. The SMILES string of the molecule is N=C(N)c1ccc(N[C@@H](C(=O)NCc2ccccc2)c2ccc(O)c(OCc3ccccc3)c2)cc1. The Balaban J connectivity index is 1.57. The molecule has 4 aromatic carbocycles. The van der Waals surface area contributed by atoms with Crippen molar-refractivity contribution in [2.75, 3.05) is 5.32 Å². The number of anilines is 1. The van der Waals surface area contributed by atoms with Crippen LogP contribution < -0.4 is 21.1 Å². The monoisotopic (exact) mass is 480 g/mol. The number of benzene rings is 4. The van der Waals surface area contributed by atoms with Crippen LogP contribution in [0.4, 0.5) is 5.69 Å². The number of carbonyl (C=O) groups excluding carboxylic acids is 1. The summed E-state index contributed by atoms with van der Waals surface area (Å²) in [5.74, 6) is 0.00141. The second-order valence-corrected chi connectivity index (χ2v) is 8.27. The van der Waals surface area contributed by atoms with Gasteiger partial charge in [-0.2, -0.15) is 0 Å². The van der Waals surface area contributed by atoms with E-state index in [4.69, 9.17) is 15.9 Å². The lowest BCUT2D eigenvalue weighted by Gasteiger charge is -2.21. The number of hydrogen-bond donors (Lipinski definition) is 5. The maximum absolute atomic E-state index is 13.3. The first-order chi connectivity index (χ1) is 17.5. The van der Waals surface area contributed by atoms with E-state index in [0.29, 0.717) is 23.4 Å². The fourth-order valence-corrected chi connectivity index (χ4v) is 3.66. The predicted molar refractivity (Wildman–Crippen MR) is 141 cm³/mol. The molecule has 7 heteroatoms. The molecule has 0 aliphatic rings. The molecule has 0 fully saturated rings. The Bertz CT molecular complexity index is 1310. The summed E-state index contributed by atoms with van der Waals surface area (Å²) in [5, 5.41) is 24.2. The maximum Gasteiger partial charge on any atom is 0.247 e. The van der Waals surface area contributed by atoms with Crippen molar-refractivity contribution in [1.82, 2.24) is 5.32 Å². The van der Waals surface area contributed by atoms with Crippen molar-refractivity contribution in [2.45, 2.75) is 19.2 Å². The van der Waals surface area contributed by atoms with Crippen molar-refractivity contribution < 1.29 is 14.6 Å². The summed E-state index contributed by atoms with van der Waals surface area (Å²) in [4.78, 5) is 13.3. The van der Waals surface area contributed by atoms with Gasteiger partial charge < -0.3 is 26.2 Å². The minimum atomic E-state index is -0.767. The summed E-state index contributed by atoms with van der Waals surface area (Å²) < 4.78 is 5.87. The van der Waals surface area contributed by atoms with E-state index in [1.165, 1.54) is 6.07 Å². The molecule has 4 aromatic rings. The molecule has 0 aromatic heterocycles. The Hall–Kier alpha value is -4.78. The summed E-state index contributed by atoms with van der Waals surface area (Å²) in [6.45, 7) is 0.652. The summed E-state index contributed by atoms with van der Waals surface area (Å²) in [5.41, 5.74) is 9.39. The molecular formula is C29H28N4O3. The minimum Gasteiger partial charge on any atom is -0.504 e. The van der Waals surface area contributed by atoms with Crippen molar-refractivity contribution in [1.29, 1.82) is 5.41 Å². The standard InChI is InChI=1S/C29H28N4O3/c30-28(31)22-11-14-24(15-12-22)33-27(29(35)32-18-20-7-3-1-4-8-20)23-13-16-25(34)26(17-23)36-19-21-9-5-2-6-10-21/h1-17,27,33-34H,18-19H2,(H3,30,31)(H,32,35)/t27-/m1/s1. The molecule has 1 atom stereocenters. The van der Waals surface area contributed by atoms with Crippen molar-refractivity contribution in [3.8, 4) is 11.5 Å². The van der Waals surface area contributed by atoms with Crippen LogP contribution in [0.1, 0.15) is 28.3 Å². The van der Waals surface area contributed by atoms with Crippen LogP contribution in [-0.4, -0.2) is 16.8 Å². The molecule has 0 unspecified atom stereocenters. The van der Waals surface area contributed by atoms with Crippen LogP contribution in [0.15, 0.2) is 103 Å². The number of nitrogens with one attached hydrogen (secondary N) is 3. The molecule has 0 saturated heterocycles. The van der Waals surface area contributed by atoms with Gasteiger partial charge in [-0.05, 0) is 53.1 Å². The van der Waals surface area contributed by atoms with Crippen LogP contribution in [0.25, 0.3) is 0 Å². The second-order valence-electron chi connectivity index (χ2n) is 8.27. The number of phenolic OH excluding ortho intramolecular Hbond substituents is 1. The van der Waals surface area contributed by atoms with Crippen LogP contribution in [0.3, 0.4) is 0 Å². The maximum atomic E-state index is 13.3. The van der Waals surface area contributed by atoms with Gasteiger partial charge in [0.1, 0.15) is 18.5 Å². The van der Waals surface area contributed by atoms with Gasteiger partial charge in [-0.1, -0.05) is 66.7 Å². The van der Waals surface area contributed by atoms with Gasteiger partial charge in [-0.3, -0.25) is 10.2 Å². The highest BCUT2D eigenvalue weighted by Gasteiger charge is 2.22. The van der Waals surface area contributed by atoms with E-state index < -0.39 is 6.04 Å². The van der Waals surface area contributed by atoms with Crippen LogP contribution in [-0.2, 0) is 17.9 Å². The fourth-order valence-electron chi connectivity index (χ4n) is 3.66. The summed E-state index contributed by atoms with van der Waals surface area (Å²) in [7, 11) is 0. The highest BCUT2D eigenvalue weighted by molar-refractivity contribution is 5.95. The Labute approximate surface area is 210 Å². The van der Waals surface area contributed by atoms with Crippen molar-refractivity contribution in [3.63, 3.8) is 0 Å². The smallest absolute Gasteiger partial charge is 0.247 e. The summed E-state index contributed by atoms with van der Waals surface area (Å²) >= 11 is 0. The molecule has 1 amide bonds. The van der Waals surface area contributed by atoms with E-state index in [9.17, 15) is 9.90 Å². The Morgan fingerprint density at radius 3 is 2.17 bits per heavy atom. The molecule has 4 rings (SSSR count). The molecule has 0 aliphatic heterocycles. The predicted octanol–water partition coefficient (Wildman–Crippen LogP) is 4.72. The number of amides is 1. The molecular weight excluding hydrogens is 452 g/mol. The zero-order valence-electron chi connectivity index (χ0n) is 19.6. The van der Waals surface area contributed by atoms with Crippen LogP contribution >= 0.6 is 0 Å². The molecule has 0 saturated carbocycles. The van der Waals surface area contributed by atoms with Crippen molar-refractivity contribution in [2.24, 2.45) is 5.73 Å². The highest BCUT2D eigenvalue weighted by atomic mass is 16.5. The van der Waals surface area contributed by atoms with Crippen LogP contribution in [0.5, 0.6) is 11.5 Å². The van der Waals surface area contributed by atoms with Gasteiger partial charge in [0.25, 0.3) is 0 Å². The number of hydrogen-bond acceptors (Lipinski definition) is 5. The normalized spacial score (nSPS) is 11.3. The third-order valence-electron chi connectivity index (χ3n) is 5.63. The fraction of sp³-hybridized carbons (Fsp3) is 0.103. The average Bonchev–Trinajstić information content (AvgIpc) is 2.91. The number of phenols is 1. The Morgan fingerprint density at radius 1 is 0.889 bits per heavy atom. The Morgan fingerprint density at radius 2 is 1.53 bits per heavy atom. The lowest BCUT2D eigenvalue weighted by atomic mass is 10.0. The zero-order valence-corrected chi connectivity index (χ0v) is 19.6. The molecule has 6 N–H and O–H groups in total. The van der Waals surface area contributed by atoms with E-state index in [1.54, 1.807) is 36.4 Å². The lowest BCUT2D eigenvalue weighted by Crippen LogP contribution is -2.33. The summed E-state index contributed by atoms with van der Waals surface area (Å²) in [6, 6.07) is 30.4. The van der Waals surface area contributed by atoms with Crippen molar-refractivity contribution >= 4 is 17.4 Å². The van der Waals surface area contributed by atoms with Gasteiger partial charge in [0.15, 0.2) is 11.5 Å². The van der Waals surface area contributed by atoms with Crippen LogP contribution in [0.2, 0.25) is 0 Å². The number of rotatable bonds is 10. The van der Waals surface area contributed by atoms with Gasteiger partial charge in [-0.25, -0.2) is 0 Å². The lowest BCUT2D eigenvalue weighted by molar-refractivity contribution is -0.122. The molecule has 7 nitrogen and oxygen atoms in total. The third kappa shape index (κ3) is 6.42. The van der Waals surface area contributed by atoms with Gasteiger partial charge in [0, 0.05) is 17.8 Å².